The number of rotatable bonds is 7. The molecule has 2 unspecified atom stereocenters. The molecule has 3 atom stereocenters. The van der Waals surface area contributed by atoms with Crippen molar-refractivity contribution in [2.24, 2.45) is 0 Å². The molecule has 1 amide bonds. The SMILES string of the molecule is CNC(=O)c1ccc(S(=O)(=O)C[C@](C)(O)C2OC2Nc2ccc(C#N)c(C(F)(F)F)n2)cc1F. The Hall–Kier alpha value is -3.28. The van der Waals surface area contributed by atoms with Gasteiger partial charge in [0.05, 0.1) is 21.8 Å². The first-order chi connectivity index (χ1) is 15.7. The van der Waals surface area contributed by atoms with E-state index in [1.807, 2.05) is 0 Å². The van der Waals surface area contributed by atoms with Crippen LogP contribution in [0, 0.1) is 17.1 Å². The topological polar surface area (TPSA) is 145 Å². The van der Waals surface area contributed by atoms with Crippen molar-refractivity contribution in [2.75, 3.05) is 18.1 Å². The summed E-state index contributed by atoms with van der Waals surface area (Å²) in [6.07, 6.45) is -7.10. The number of carbonyl (C=O) groups excluding carboxylic acids is 1. The van der Waals surface area contributed by atoms with Crippen LogP contribution in [0.15, 0.2) is 35.2 Å². The predicted octanol–water partition coefficient (Wildman–Crippen LogP) is 1.83. The molecule has 0 saturated carbocycles. The van der Waals surface area contributed by atoms with Crippen molar-refractivity contribution < 1.29 is 40.6 Å². The predicted molar refractivity (Wildman–Crippen MR) is 109 cm³/mol. The number of aromatic nitrogens is 1. The van der Waals surface area contributed by atoms with Crippen LogP contribution in [-0.4, -0.2) is 55.1 Å². The second kappa shape index (κ2) is 8.82. The van der Waals surface area contributed by atoms with Gasteiger partial charge in [0.1, 0.15) is 29.4 Å². The molecule has 1 saturated heterocycles. The molecule has 1 aromatic heterocycles. The smallest absolute Gasteiger partial charge is 0.386 e. The minimum atomic E-state index is -4.88. The van der Waals surface area contributed by atoms with Gasteiger partial charge in [-0.15, -0.1) is 0 Å². The zero-order valence-electron chi connectivity index (χ0n) is 17.6. The lowest BCUT2D eigenvalue weighted by Gasteiger charge is -2.21. The number of nitriles is 1. The third-order valence-corrected chi connectivity index (χ3v) is 6.87. The van der Waals surface area contributed by atoms with E-state index >= 15 is 0 Å². The number of hydrogen-bond acceptors (Lipinski definition) is 8. The van der Waals surface area contributed by atoms with Crippen LogP contribution in [0.5, 0.6) is 0 Å². The highest BCUT2D eigenvalue weighted by atomic mass is 32.2. The maximum Gasteiger partial charge on any atom is 0.434 e. The molecule has 3 N–H and O–H groups in total. The van der Waals surface area contributed by atoms with E-state index in [2.05, 4.69) is 15.6 Å². The molecule has 1 aliphatic rings. The van der Waals surface area contributed by atoms with E-state index in [1.165, 1.54) is 13.1 Å². The van der Waals surface area contributed by atoms with Crippen LogP contribution in [0.2, 0.25) is 0 Å². The Balaban J connectivity index is 1.73. The maximum absolute atomic E-state index is 14.2. The summed E-state index contributed by atoms with van der Waals surface area (Å²) >= 11 is 0. The highest BCUT2D eigenvalue weighted by molar-refractivity contribution is 7.91. The van der Waals surface area contributed by atoms with Gasteiger partial charge in [-0.3, -0.25) is 4.79 Å². The van der Waals surface area contributed by atoms with E-state index in [0.717, 1.165) is 31.2 Å². The van der Waals surface area contributed by atoms with Crippen molar-refractivity contribution in [1.82, 2.24) is 10.3 Å². The van der Waals surface area contributed by atoms with Gasteiger partial charge >= 0.3 is 6.18 Å². The largest absolute Gasteiger partial charge is 0.434 e. The van der Waals surface area contributed by atoms with E-state index in [-0.39, 0.29) is 11.4 Å². The Labute approximate surface area is 191 Å². The molecule has 0 bridgehead atoms. The first-order valence-electron chi connectivity index (χ1n) is 9.56. The van der Waals surface area contributed by atoms with Gasteiger partial charge in [-0.1, -0.05) is 0 Å². The average molecular weight is 502 g/mol. The summed E-state index contributed by atoms with van der Waals surface area (Å²) < 4.78 is 84.0. The number of carbonyl (C=O) groups is 1. The zero-order chi connectivity index (χ0) is 25.5. The Morgan fingerprint density at radius 3 is 2.53 bits per heavy atom. The van der Waals surface area contributed by atoms with Crippen LogP contribution in [0.1, 0.15) is 28.5 Å². The van der Waals surface area contributed by atoms with Gasteiger partial charge in [0.15, 0.2) is 21.8 Å². The van der Waals surface area contributed by atoms with E-state index in [0.29, 0.717) is 6.07 Å². The number of nitrogens with one attached hydrogen (secondary N) is 2. The Morgan fingerprint density at radius 2 is 1.97 bits per heavy atom. The highest BCUT2D eigenvalue weighted by Crippen LogP contribution is 2.36. The monoisotopic (exact) mass is 502 g/mol. The molecular weight excluding hydrogens is 484 g/mol. The normalized spacial score (nSPS) is 19.6. The number of hydrogen-bond donors (Lipinski definition) is 3. The van der Waals surface area contributed by atoms with Crippen LogP contribution in [0.3, 0.4) is 0 Å². The molecule has 1 fully saturated rings. The fraction of sp³-hybridized carbons (Fsp3) is 0.350. The standard InChI is InChI=1S/C20H18F4N4O5S/c1-19(30,9-34(31,32)11-4-5-12(13(21)7-11)17(29)26-2)16-18(33-16)28-14-6-3-10(8-25)15(27-14)20(22,23)24/h3-7,16,18,30H,9H2,1-2H3,(H,26,29)(H,27,28)/t16?,18?,19-/m0/s1. The van der Waals surface area contributed by atoms with Gasteiger partial charge in [0.2, 0.25) is 0 Å². The summed E-state index contributed by atoms with van der Waals surface area (Å²) in [4.78, 5) is 14.5. The molecule has 0 spiro atoms. The minimum absolute atomic E-state index is 0.302. The van der Waals surface area contributed by atoms with Gasteiger partial charge in [-0.2, -0.15) is 18.4 Å². The van der Waals surface area contributed by atoms with Crippen LogP contribution in [0.4, 0.5) is 23.4 Å². The number of alkyl halides is 3. The number of nitrogens with zero attached hydrogens (tertiary/aromatic N) is 2. The van der Waals surface area contributed by atoms with Crippen molar-refractivity contribution in [3.8, 4) is 6.07 Å². The third-order valence-electron chi connectivity index (χ3n) is 4.93. The fourth-order valence-electron chi connectivity index (χ4n) is 3.24. The zero-order valence-corrected chi connectivity index (χ0v) is 18.5. The van der Waals surface area contributed by atoms with Crippen molar-refractivity contribution in [3.63, 3.8) is 0 Å². The summed E-state index contributed by atoms with van der Waals surface area (Å²) in [7, 11) is -2.98. The molecule has 0 aliphatic carbocycles. The number of amides is 1. The van der Waals surface area contributed by atoms with E-state index in [4.69, 9.17) is 10.00 Å². The van der Waals surface area contributed by atoms with Crippen molar-refractivity contribution in [2.45, 2.75) is 35.9 Å². The van der Waals surface area contributed by atoms with Crippen molar-refractivity contribution in [1.29, 1.82) is 5.26 Å². The summed E-state index contributed by atoms with van der Waals surface area (Å²) in [6.45, 7) is 1.14. The summed E-state index contributed by atoms with van der Waals surface area (Å²) in [6, 6.07) is 6.07. The first-order valence-corrected chi connectivity index (χ1v) is 11.2. The Morgan fingerprint density at radius 1 is 1.29 bits per heavy atom. The fourth-order valence-corrected chi connectivity index (χ4v) is 4.90. The van der Waals surface area contributed by atoms with E-state index in [9.17, 15) is 35.9 Å². The molecule has 34 heavy (non-hydrogen) atoms. The van der Waals surface area contributed by atoms with Gasteiger partial charge in [-0.25, -0.2) is 17.8 Å². The Kier molecular flexibility index (Phi) is 6.57. The van der Waals surface area contributed by atoms with Gasteiger partial charge < -0.3 is 20.5 Å². The van der Waals surface area contributed by atoms with Gasteiger partial charge in [-0.05, 0) is 37.3 Å². The lowest BCUT2D eigenvalue weighted by atomic mass is 10.1. The Bertz CT molecular complexity index is 1270. The number of halogens is 4. The number of pyridine rings is 1. The molecule has 14 heteroatoms. The molecular formula is C20H18F4N4O5S. The molecule has 2 heterocycles. The molecule has 0 radical (unpaired) electrons. The molecule has 1 aliphatic heterocycles. The molecule has 1 aromatic carbocycles. The van der Waals surface area contributed by atoms with E-state index in [1.54, 1.807) is 0 Å². The molecule has 9 nitrogen and oxygen atoms in total. The minimum Gasteiger partial charge on any atom is -0.386 e. The molecule has 182 valence electrons. The first kappa shape index (κ1) is 25.3. The number of benzene rings is 1. The van der Waals surface area contributed by atoms with Gasteiger partial charge in [0, 0.05) is 7.05 Å². The van der Waals surface area contributed by atoms with Crippen LogP contribution < -0.4 is 10.6 Å². The summed E-state index contributed by atoms with van der Waals surface area (Å²) in [5, 5.41) is 24.2. The third kappa shape index (κ3) is 5.27. The number of aliphatic hydroxyl groups is 1. The lowest BCUT2D eigenvalue weighted by molar-refractivity contribution is -0.141. The van der Waals surface area contributed by atoms with E-state index < -0.39 is 67.6 Å². The highest BCUT2D eigenvalue weighted by Gasteiger charge is 2.54. The van der Waals surface area contributed by atoms with Crippen LogP contribution in [-0.2, 0) is 20.8 Å². The maximum atomic E-state index is 14.2. The molecule has 3 rings (SSSR count). The summed E-state index contributed by atoms with van der Waals surface area (Å²) in [5.74, 6) is -3.03. The lowest BCUT2D eigenvalue weighted by Crippen LogP contribution is -2.41. The van der Waals surface area contributed by atoms with Crippen LogP contribution >= 0.6 is 0 Å². The second-order valence-corrected chi connectivity index (χ2v) is 9.65. The van der Waals surface area contributed by atoms with Crippen molar-refractivity contribution >= 4 is 21.6 Å². The number of ether oxygens (including phenoxy) is 1. The quantitative estimate of drug-likeness (QED) is 0.384. The second-order valence-electron chi connectivity index (χ2n) is 7.66. The number of anilines is 1. The number of sulfone groups is 1. The van der Waals surface area contributed by atoms with Gasteiger partial charge in [0.25, 0.3) is 5.91 Å². The summed E-state index contributed by atoms with van der Waals surface area (Å²) in [5.41, 5.74) is -4.48. The van der Waals surface area contributed by atoms with Crippen LogP contribution in [0.25, 0.3) is 0 Å². The molecule has 2 aromatic rings. The number of epoxide rings is 1. The average Bonchev–Trinajstić information content (AvgIpc) is 3.52. The van der Waals surface area contributed by atoms with Crippen molar-refractivity contribution in [3.05, 3.63) is 53.0 Å².